The predicted molar refractivity (Wildman–Crippen MR) is 191 cm³/mol. The highest BCUT2D eigenvalue weighted by molar-refractivity contribution is 5.81. The van der Waals surface area contributed by atoms with E-state index in [1.807, 2.05) is 52.1 Å². The Bertz CT molecular complexity index is 1300. The molecule has 2 rings (SSSR count). The van der Waals surface area contributed by atoms with Crippen LogP contribution >= 0.6 is 0 Å². The molecule has 44 heavy (non-hydrogen) atoms. The first-order chi connectivity index (χ1) is 20.9. The van der Waals surface area contributed by atoms with Gasteiger partial charge in [0.1, 0.15) is 11.5 Å². The summed E-state index contributed by atoms with van der Waals surface area (Å²) in [5.41, 5.74) is 4.44. The lowest BCUT2D eigenvalue weighted by Gasteiger charge is -2.32. The number of ether oxygens (including phenoxy) is 1. The molecule has 2 aromatic rings. The van der Waals surface area contributed by atoms with Gasteiger partial charge >= 0.3 is 0 Å². The van der Waals surface area contributed by atoms with Gasteiger partial charge in [-0.1, -0.05) is 99.3 Å². The summed E-state index contributed by atoms with van der Waals surface area (Å²) in [5, 5.41) is 5.11. The third-order valence-electron chi connectivity index (χ3n) is 8.46. The normalized spacial score (nSPS) is 13.0. The fourth-order valence-corrected chi connectivity index (χ4v) is 5.41. The van der Waals surface area contributed by atoms with Gasteiger partial charge in [-0.25, -0.2) is 0 Å². The molecule has 1 aromatic heterocycles. The second kappa shape index (κ2) is 21.6. The Morgan fingerprint density at radius 1 is 1.07 bits per heavy atom. The maximum atomic E-state index is 12.1. The number of carbonyl (C=O) groups is 2. The summed E-state index contributed by atoms with van der Waals surface area (Å²) in [7, 11) is 3.71. The van der Waals surface area contributed by atoms with Crippen LogP contribution in [0.15, 0.2) is 36.2 Å². The van der Waals surface area contributed by atoms with Gasteiger partial charge in [0.05, 0.1) is 7.11 Å². The average Bonchev–Trinajstić information content (AvgIpc) is 3.33. The van der Waals surface area contributed by atoms with Crippen molar-refractivity contribution < 1.29 is 14.3 Å². The zero-order chi connectivity index (χ0) is 33.9. The number of benzene rings is 1. The lowest BCUT2D eigenvalue weighted by molar-refractivity contribution is -0.125. The fraction of sp³-hybridized carbons (Fsp3) is 0.590. The Kier molecular flexibility index (Phi) is 20.1. The number of ketones is 1. The van der Waals surface area contributed by atoms with Crippen LogP contribution in [0.1, 0.15) is 126 Å². The van der Waals surface area contributed by atoms with E-state index in [9.17, 15) is 9.59 Å². The number of carbonyl (C=O) groups excluding carboxylic acids is 2. The smallest absolute Gasteiger partial charge is 0.221 e. The molecule has 0 bridgehead atoms. The Morgan fingerprint density at radius 3 is 2.18 bits per heavy atom. The van der Waals surface area contributed by atoms with E-state index in [1.54, 1.807) is 7.11 Å². The van der Waals surface area contributed by atoms with Crippen LogP contribution in [0.4, 0.5) is 0 Å². The quantitative estimate of drug-likeness (QED) is 0.233. The SMILES string of the molecule is CC.CCCCC(CC)(CC)CC(=O)C(C)CC.C\C=c1/c(=C\C(=C\CC)NC(C)=O)c(-c2cc(C)cc(OC)c2)cn1C. The Balaban J connectivity index is 0.000000886. The molecular formula is C39H64N2O3. The van der Waals surface area contributed by atoms with Crippen molar-refractivity contribution in [2.45, 2.75) is 128 Å². The zero-order valence-corrected chi connectivity index (χ0v) is 30.4. The summed E-state index contributed by atoms with van der Waals surface area (Å²) in [4.78, 5) is 23.6. The van der Waals surface area contributed by atoms with Crippen molar-refractivity contribution >= 4 is 23.8 Å². The summed E-state index contributed by atoms with van der Waals surface area (Å²) < 4.78 is 7.54. The molecule has 0 radical (unpaired) electrons. The molecule has 5 heteroatoms. The standard InChI is InChI=1S/C22H28N2O2.C15H30O.C2H6/c1-7-9-18(23-16(4)25)13-20-21(14-24(5)22(20)8-2)17-10-15(3)11-19(12-17)26-6;1-6-10-11-15(8-3,9-4)12-14(16)13(5)7-2;1-2/h8-14H,7H2,1-6H3,(H,23,25);13H,6-12H2,1-5H3;1-2H3/b18-9-,20-13-,22-8+;;. The number of rotatable bonds is 14. The number of hydrogen-bond acceptors (Lipinski definition) is 3. The van der Waals surface area contributed by atoms with Crippen LogP contribution in [0.2, 0.25) is 0 Å². The van der Waals surface area contributed by atoms with E-state index < -0.39 is 0 Å². The number of allylic oxidation sites excluding steroid dienone is 2. The van der Waals surface area contributed by atoms with E-state index in [1.165, 1.54) is 26.2 Å². The number of methoxy groups -OCH3 is 1. The molecule has 0 saturated carbocycles. The van der Waals surface area contributed by atoms with Gasteiger partial charge in [-0.05, 0) is 67.9 Å². The zero-order valence-electron chi connectivity index (χ0n) is 30.4. The molecule has 1 atom stereocenters. The van der Waals surface area contributed by atoms with Crippen molar-refractivity contribution in [2.75, 3.05) is 7.11 Å². The van der Waals surface area contributed by atoms with E-state index >= 15 is 0 Å². The molecule has 0 aliphatic carbocycles. The molecule has 5 nitrogen and oxygen atoms in total. The van der Waals surface area contributed by atoms with Gasteiger partial charge in [0.15, 0.2) is 0 Å². The lowest BCUT2D eigenvalue weighted by Crippen LogP contribution is -2.30. The van der Waals surface area contributed by atoms with Crippen LogP contribution < -0.4 is 20.6 Å². The first-order valence-corrected chi connectivity index (χ1v) is 16.9. The minimum Gasteiger partial charge on any atom is -0.497 e. The Hall–Kier alpha value is -3.08. The van der Waals surface area contributed by atoms with Gasteiger partial charge < -0.3 is 14.6 Å². The number of unbranched alkanes of at least 4 members (excludes halogenated alkanes) is 1. The number of hydrogen-bond donors (Lipinski definition) is 1. The molecule has 0 fully saturated rings. The van der Waals surface area contributed by atoms with E-state index in [2.05, 4.69) is 76.7 Å². The summed E-state index contributed by atoms with van der Waals surface area (Å²) >= 11 is 0. The molecule has 0 saturated heterocycles. The monoisotopic (exact) mass is 608 g/mol. The molecule has 0 spiro atoms. The highest BCUT2D eigenvalue weighted by Gasteiger charge is 2.29. The van der Waals surface area contributed by atoms with E-state index in [4.69, 9.17) is 4.74 Å². The second-order valence-corrected chi connectivity index (χ2v) is 11.6. The van der Waals surface area contributed by atoms with Crippen molar-refractivity contribution in [1.82, 2.24) is 9.88 Å². The van der Waals surface area contributed by atoms with Gasteiger partial charge in [-0.2, -0.15) is 0 Å². The highest BCUT2D eigenvalue weighted by Crippen LogP contribution is 2.37. The largest absolute Gasteiger partial charge is 0.497 e. The van der Waals surface area contributed by atoms with Crippen LogP contribution in [0.3, 0.4) is 0 Å². The molecule has 0 aliphatic rings. The molecule has 1 heterocycles. The molecule has 248 valence electrons. The third kappa shape index (κ3) is 12.9. The molecule has 0 aliphatic heterocycles. The first kappa shape index (κ1) is 40.9. The van der Waals surface area contributed by atoms with Gasteiger partial charge in [-0.3, -0.25) is 9.59 Å². The maximum absolute atomic E-state index is 12.1. The van der Waals surface area contributed by atoms with Crippen molar-refractivity contribution in [3.8, 4) is 16.9 Å². The van der Waals surface area contributed by atoms with Crippen LogP contribution in [0.25, 0.3) is 23.3 Å². The van der Waals surface area contributed by atoms with E-state index in [0.717, 1.165) is 70.8 Å². The molecule has 1 N–H and O–H groups in total. The van der Waals surface area contributed by atoms with E-state index in [0.29, 0.717) is 5.78 Å². The van der Waals surface area contributed by atoms with Crippen LogP contribution in [0.5, 0.6) is 5.75 Å². The van der Waals surface area contributed by atoms with Gasteiger partial charge in [0.25, 0.3) is 0 Å². The number of aryl methyl sites for hydroxylation is 2. The minimum absolute atomic E-state index is 0.0716. The number of amides is 1. The van der Waals surface area contributed by atoms with Crippen molar-refractivity contribution in [2.24, 2.45) is 18.4 Å². The summed E-state index contributed by atoms with van der Waals surface area (Å²) in [6.07, 6.45) is 16.9. The molecule has 1 aromatic carbocycles. The van der Waals surface area contributed by atoms with Crippen LogP contribution in [-0.2, 0) is 16.6 Å². The minimum atomic E-state index is -0.0716. The number of nitrogens with one attached hydrogen (secondary N) is 1. The van der Waals surface area contributed by atoms with Crippen molar-refractivity contribution in [1.29, 1.82) is 0 Å². The first-order valence-electron chi connectivity index (χ1n) is 16.9. The Morgan fingerprint density at radius 2 is 1.70 bits per heavy atom. The number of nitrogens with zero attached hydrogens (tertiary/aromatic N) is 1. The Labute approximate surface area is 269 Å². The lowest BCUT2D eigenvalue weighted by atomic mass is 9.72. The van der Waals surface area contributed by atoms with Gasteiger partial charge in [-0.15, -0.1) is 0 Å². The van der Waals surface area contributed by atoms with Crippen LogP contribution in [-0.4, -0.2) is 23.4 Å². The van der Waals surface area contributed by atoms with E-state index in [-0.39, 0.29) is 17.2 Å². The molecular weight excluding hydrogens is 544 g/mol. The second-order valence-electron chi connectivity index (χ2n) is 11.6. The summed E-state index contributed by atoms with van der Waals surface area (Å²) in [6.45, 7) is 22.5. The van der Waals surface area contributed by atoms with Crippen LogP contribution in [0, 0.1) is 18.3 Å². The summed E-state index contributed by atoms with van der Waals surface area (Å²) in [6, 6.07) is 6.21. The van der Waals surface area contributed by atoms with Gasteiger partial charge in [0, 0.05) is 54.3 Å². The highest BCUT2D eigenvalue weighted by atomic mass is 16.5. The van der Waals surface area contributed by atoms with Crippen molar-refractivity contribution in [3.63, 3.8) is 0 Å². The number of aromatic nitrogens is 1. The summed E-state index contributed by atoms with van der Waals surface area (Å²) in [5.74, 6) is 1.49. The topological polar surface area (TPSA) is 60.3 Å². The van der Waals surface area contributed by atoms with Crippen molar-refractivity contribution in [3.05, 3.63) is 52.3 Å². The number of Topliss-reactive ketones (excluding diaryl/α,β-unsaturated/α-hetero) is 1. The molecule has 1 unspecified atom stereocenters. The third-order valence-corrected chi connectivity index (χ3v) is 8.46. The van der Waals surface area contributed by atoms with Gasteiger partial charge in [0.2, 0.25) is 5.91 Å². The maximum Gasteiger partial charge on any atom is 0.221 e. The predicted octanol–water partition coefficient (Wildman–Crippen LogP) is 9.03. The fourth-order valence-electron chi connectivity index (χ4n) is 5.41. The average molecular weight is 609 g/mol. The molecule has 1 amide bonds.